The van der Waals surface area contributed by atoms with E-state index in [0.717, 1.165) is 18.6 Å². The minimum absolute atomic E-state index is 0.670. The van der Waals surface area contributed by atoms with E-state index in [4.69, 9.17) is 9.72 Å². The van der Waals surface area contributed by atoms with Crippen LogP contribution in [0.15, 0.2) is 48.7 Å². The van der Waals surface area contributed by atoms with Crippen LogP contribution in [0.1, 0.15) is 61.8 Å². The Kier molecular flexibility index (Phi) is 5.88. The van der Waals surface area contributed by atoms with E-state index in [1.165, 1.54) is 54.3 Å². The predicted octanol–water partition coefficient (Wildman–Crippen LogP) is 5.86. The van der Waals surface area contributed by atoms with Crippen molar-refractivity contribution >= 4 is 11.0 Å². The Bertz CT molecular complexity index is 863. The standard InChI is InChI=1S/C24H30N2O/c1-2-21-13-14-22-23(20-11-7-4-8-12-20)17-26(24(22)25-21)15-16-27-18-19-9-5-3-6-10-19/h3,5-6,9-10,13-14,17,20H,2,4,7-8,11-12,15-16,18H2,1H3. The van der Waals surface area contributed by atoms with Crippen molar-refractivity contribution in [3.63, 3.8) is 0 Å². The lowest BCUT2D eigenvalue weighted by Gasteiger charge is -2.21. The maximum atomic E-state index is 5.94. The summed E-state index contributed by atoms with van der Waals surface area (Å²) in [6.45, 7) is 4.41. The number of pyridine rings is 1. The van der Waals surface area contributed by atoms with Gasteiger partial charge in [-0.2, -0.15) is 0 Å². The van der Waals surface area contributed by atoms with Gasteiger partial charge in [0.2, 0.25) is 0 Å². The van der Waals surface area contributed by atoms with E-state index >= 15 is 0 Å². The Labute approximate surface area is 162 Å². The third-order valence-corrected chi connectivity index (χ3v) is 5.81. The van der Waals surface area contributed by atoms with E-state index in [1.54, 1.807) is 0 Å². The number of benzene rings is 1. The van der Waals surface area contributed by atoms with E-state index in [9.17, 15) is 0 Å². The number of fused-ring (bicyclic) bond motifs is 1. The van der Waals surface area contributed by atoms with Crippen LogP contribution in [0.25, 0.3) is 11.0 Å². The summed E-state index contributed by atoms with van der Waals surface area (Å²) in [5.74, 6) is 0.696. The van der Waals surface area contributed by atoms with Crippen molar-refractivity contribution < 1.29 is 4.74 Å². The molecule has 2 aromatic heterocycles. The molecule has 0 N–H and O–H groups in total. The molecule has 1 aliphatic carbocycles. The molecule has 0 aliphatic heterocycles. The van der Waals surface area contributed by atoms with Crippen molar-refractivity contribution in [3.05, 3.63) is 65.5 Å². The topological polar surface area (TPSA) is 27.1 Å². The zero-order chi connectivity index (χ0) is 18.5. The van der Waals surface area contributed by atoms with Crippen LogP contribution >= 0.6 is 0 Å². The van der Waals surface area contributed by atoms with Crippen molar-refractivity contribution in [2.45, 2.75) is 64.5 Å². The number of nitrogens with zero attached hydrogens (tertiary/aromatic N) is 2. The van der Waals surface area contributed by atoms with E-state index in [1.807, 2.05) is 6.07 Å². The molecule has 1 saturated carbocycles. The van der Waals surface area contributed by atoms with E-state index in [2.05, 4.69) is 54.1 Å². The first-order chi connectivity index (χ1) is 13.3. The first kappa shape index (κ1) is 18.2. The molecule has 0 unspecified atom stereocenters. The summed E-state index contributed by atoms with van der Waals surface area (Å²) in [5.41, 5.74) is 5.03. The first-order valence-corrected chi connectivity index (χ1v) is 10.5. The van der Waals surface area contributed by atoms with Gasteiger partial charge in [-0.1, -0.05) is 56.5 Å². The molecule has 4 rings (SSSR count). The molecule has 3 heteroatoms. The number of aromatic nitrogens is 2. The second kappa shape index (κ2) is 8.71. The maximum absolute atomic E-state index is 5.94. The summed E-state index contributed by atoms with van der Waals surface area (Å²) in [5, 5.41) is 1.35. The fraction of sp³-hybridized carbons (Fsp3) is 0.458. The molecule has 0 saturated heterocycles. The lowest BCUT2D eigenvalue weighted by molar-refractivity contribution is 0.114. The van der Waals surface area contributed by atoms with E-state index in [-0.39, 0.29) is 0 Å². The summed E-state index contributed by atoms with van der Waals surface area (Å²) >= 11 is 0. The highest BCUT2D eigenvalue weighted by atomic mass is 16.5. The summed E-state index contributed by atoms with van der Waals surface area (Å²) in [6.07, 6.45) is 10.1. The molecule has 1 aliphatic rings. The Morgan fingerprint density at radius 1 is 1.04 bits per heavy atom. The second-order valence-electron chi connectivity index (χ2n) is 7.68. The fourth-order valence-corrected chi connectivity index (χ4v) is 4.26. The molecule has 0 spiro atoms. The molecule has 1 fully saturated rings. The van der Waals surface area contributed by atoms with Gasteiger partial charge >= 0.3 is 0 Å². The number of rotatable bonds is 7. The van der Waals surface area contributed by atoms with Gasteiger partial charge in [0.1, 0.15) is 5.65 Å². The Morgan fingerprint density at radius 3 is 2.63 bits per heavy atom. The molecule has 0 atom stereocenters. The molecule has 0 bridgehead atoms. The third-order valence-electron chi connectivity index (χ3n) is 5.81. The lowest BCUT2D eigenvalue weighted by Crippen LogP contribution is -2.06. The minimum atomic E-state index is 0.670. The molecule has 0 amide bonds. The fourth-order valence-electron chi connectivity index (χ4n) is 4.26. The zero-order valence-electron chi connectivity index (χ0n) is 16.4. The van der Waals surface area contributed by atoms with Crippen LogP contribution in [0.5, 0.6) is 0 Å². The summed E-state index contributed by atoms with van der Waals surface area (Å²) in [7, 11) is 0. The van der Waals surface area contributed by atoms with Crippen molar-refractivity contribution in [3.8, 4) is 0 Å². The largest absolute Gasteiger partial charge is 0.375 e. The van der Waals surface area contributed by atoms with Gasteiger partial charge in [0.05, 0.1) is 13.2 Å². The molecule has 3 nitrogen and oxygen atoms in total. The lowest BCUT2D eigenvalue weighted by atomic mass is 9.84. The number of ether oxygens (including phenoxy) is 1. The monoisotopic (exact) mass is 362 g/mol. The molecule has 3 aromatic rings. The Morgan fingerprint density at radius 2 is 1.85 bits per heavy atom. The van der Waals surface area contributed by atoms with Gasteiger partial charge in [0.25, 0.3) is 0 Å². The smallest absolute Gasteiger partial charge is 0.140 e. The molecule has 1 aromatic carbocycles. The van der Waals surface area contributed by atoms with Gasteiger partial charge in [-0.15, -0.1) is 0 Å². The normalized spacial score (nSPS) is 15.4. The van der Waals surface area contributed by atoms with Gasteiger partial charge < -0.3 is 9.30 Å². The number of hydrogen-bond acceptors (Lipinski definition) is 2. The molecule has 142 valence electrons. The molecule has 0 radical (unpaired) electrons. The summed E-state index contributed by atoms with van der Waals surface area (Å²) in [6, 6.07) is 14.9. The minimum Gasteiger partial charge on any atom is -0.375 e. The van der Waals surface area contributed by atoms with E-state index in [0.29, 0.717) is 19.1 Å². The Hall–Kier alpha value is -2.13. The van der Waals surface area contributed by atoms with Gasteiger partial charge in [0, 0.05) is 23.8 Å². The molecule has 2 heterocycles. The number of hydrogen-bond donors (Lipinski definition) is 0. The van der Waals surface area contributed by atoms with E-state index < -0.39 is 0 Å². The van der Waals surface area contributed by atoms with Gasteiger partial charge in [0.15, 0.2) is 0 Å². The van der Waals surface area contributed by atoms with Crippen LogP contribution in [0.4, 0.5) is 0 Å². The van der Waals surface area contributed by atoms with Crippen LogP contribution in [0.3, 0.4) is 0 Å². The SMILES string of the molecule is CCc1ccc2c(C3CCCCC3)cn(CCOCc3ccccc3)c2n1. The average Bonchev–Trinajstić information content (AvgIpc) is 3.10. The van der Waals surface area contributed by atoms with Gasteiger partial charge in [-0.25, -0.2) is 4.98 Å². The van der Waals surface area contributed by atoms with Crippen LogP contribution in [-0.2, 0) is 24.3 Å². The second-order valence-corrected chi connectivity index (χ2v) is 7.68. The molecule has 27 heavy (non-hydrogen) atoms. The highest BCUT2D eigenvalue weighted by Crippen LogP contribution is 2.37. The highest BCUT2D eigenvalue weighted by molar-refractivity contribution is 5.81. The molecular formula is C24H30N2O. The van der Waals surface area contributed by atoms with Gasteiger partial charge in [-0.3, -0.25) is 0 Å². The predicted molar refractivity (Wildman–Crippen MR) is 111 cm³/mol. The van der Waals surface area contributed by atoms with Crippen LogP contribution < -0.4 is 0 Å². The van der Waals surface area contributed by atoms with Crippen molar-refractivity contribution in [1.29, 1.82) is 0 Å². The zero-order valence-corrected chi connectivity index (χ0v) is 16.4. The Balaban J connectivity index is 1.51. The average molecular weight is 363 g/mol. The van der Waals surface area contributed by atoms with Crippen molar-refractivity contribution in [2.75, 3.05) is 6.61 Å². The van der Waals surface area contributed by atoms with Gasteiger partial charge in [-0.05, 0) is 48.4 Å². The molecular weight excluding hydrogens is 332 g/mol. The first-order valence-electron chi connectivity index (χ1n) is 10.5. The highest BCUT2D eigenvalue weighted by Gasteiger charge is 2.21. The quantitative estimate of drug-likeness (QED) is 0.492. The van der Waals surface area contributed by atoms with Crippen molar-refractivity contribution in [1.82, 2.24) is 9.55 Å². The summed E-state index contributed by atoms with van der Waals surface area (Å²) < 4.78 is 8.26. The number of aryl methyl sites for hydroxylation is 1. The van der Waals surface area contributed by atoms with Crippen molar-refractivity contribution in [2.24, 2.45) is 0 Å². The van der Waals surface area contributed by atoms with Crippen LogP contribution in [-0.4, -0.2) is 16.2 Å². The third kappa shape index (κ3) is 4.24. The van der Waals surface area contributed by atoms with Crippen LogP contribution in [0, 0.1) is 0 Å². The maximum Gasteiger partial charge on any atom is 0.140 e. The van der Waals surface area contributed by atoms with Crippen LogP contribution in [0.2, 0.25) is 0 Å². The summed E-state index contributed by atoms with van der Waals surface area (Å²) in [4.78, 5) is 4.95.